The molecule has 1 aliphatic heterocycles. The summed E-state index contributed by atoms with van der Waals surface area (Å²) in [6.45, 7) is 6.17. The Morgan fingerprint density at radius 3 is 2.79 bits per heavy atom. The zero-order valence-electron chi connectivity index (χ0n) is 11.2. The molecule has 1 saturated heterocycles. The van der Waals surface area contributed by atoms with Gasteiger partial charge in [0.05, 0.1) is 12.2 Å². The number of rotatable bonds is 5. The molecule has 1 aromatic heterocycles. The van der Waals surface area contributed by atoms with Gasteiger partial charge >= 0.3 is 5.97 Å². The Morgan fingerprint density at radius 2 is 2.16 bits per heavy atom. The number of aromatic nitrogens is 1. The fourth-order valence-corrected chi connectivity index (χ4v) is 2.29. The van der Waals surface area contributed by atoms with E-state index in [0.29, 0.717) is 0 Å². The van der Waals surface area contributed by atoms with Crippen LogP contribution in [-0.4, -0.2) is 60.2 Å². The number of carboxylic acids is 1. The van der Waals surface area contributed by atoms with Crippen molar-refractivity contribution in [3.63, 3.8) is 0 Å². The van der Waals surface area contributed by atoms with Gasteiger partial charge in [0.1, 0.15) is 0 Å². The van der Waals surface area contributed by atoms with Crippen LogP contribution in [-0.2, 0) is 4.79 Å². The lowest BCUT2D eigenvalue weighted by molar-refractivity contribution is -0.138. The van der Waals surface area contributed by atoms with Crippen LogP contribution in [0.25, 0.3) is 0 Å². The highest BCUT2D eigenvalue weighted by molar-refractivity contribution is 5.69. The number of hydrogen-bond acceptors (Lipinski definition) is 5. The van der Waals surface area contributed by atoms with Gasteiger partial charge in [0.15, 0.2) is 5.82 Å². The van der Waals surface area contributed by atoms with Crippen LogP contribution in [0.2, 0.25) is 0 Å². The second kappa shape index (κ2) is 6.38. The van der Waals surface area contributed by atoms with Crippen LogP contribution in [0.5, 0.6) is 0 Å². The molecule has 0 radical (unpaired) electrons. The first kappa shape index (κ1) is 13.6. The molecule has 19 heavy (non-hydrogen) atoms. The minimum Gasteiger partial charge on any atom is -0.480 e. The van der Waals surface area contributed by atoms with Gasteiger partial charge in [-0.3, -0.25) is 9.69 Å². The topological polar surface area (TPSA) is 68.7 Å². The molecule has 0 amide bonds. The third-order valence-electron chi connectivity index (χ3n) is 3.18. The molecular weight excluding hydrogens is 244 g/mol. The van der Waals surface area contributed by atoms with E-state index in [1.165, 1.54) is 0 Å². The minimum atomic E-state index is -0.764. The maximum atomic E-state index is 10.7. The van der Waals surface area contributed by atoms with Crippen molar-refractivity contribution in [3.8, 4) is 0 Å². The Balaban J connectivity index is 1.99. The van der Waals surface area contributed by atoms with Crippen molar-refractivity contribution >= 4 is 17.5 Å². The van der Waals surface area contributed by atoms with Crippen LogP contribution in [0.3, 0.4) is 0 Å². The number of aliphatic carboxylic acids is 1. The van der Waals surface area contributed by atoms with E-state index in [-0.39, 0.29) is 6.54 Å². The molecule has 2 rings (SSSR count). The average Bonchev–Trinajstić information content (AvgIpc) is 2.40. The van der Waals surface area contributed by atoms with Gasteiger partial charge in [0.2, 0.25) is 0 Å². The van der Waals surface area contributed by atoms with Gasteiger partial charge in [-0.15, -0.1) is 0 Å². The Morgan fingerprint density at radius 1 is 1.42 bits per heavy atom. The molecule has 6 nitrogen and oxygen atoms in total. The van der Waals surface area contributed by atoms with E-state index < -0.39 is 5.97 Å². The van der Waals surface area contributed by atoms with Crippen LogP contribution in [0, 0.1) is 0 Å². The highest BCUT2D eigenvalue weighted by atomic mass is 16.4. The molecule has 0 atom stereocenters. The Hall–Kier alpha value is -1.82. The van der Waals surface area contributed by atoms with E-state index in [0.717, 1.165) is 44.2 Å². The molecule has 2 heterocycles. The molecule has 1 aromatic rings. The lowest BCUT2D eigenvalue weighted by Crippen LogP contribution is -2.48. The van der Waals surface area contributed by atoms with Crippen molar-refractivity contribution in [2.45, 2.75) is 6.92 Å². The molecule has 1 aliphatic rings. The summed E-state index contributed by atoms with van der Waals surface area (Å²) in [5, 5.41) is 12.1. The zero-order chi connectivity index (χ0) is 13.7. The molecule has 1 fully saturated rings. The largest absolute Gasteiger partial charge is 0.480 e. The van der Waals surface area contributed by atoms with E-state index in [1.54, 1.807) is 6.20 Å². The molecular formula is C13H20N4O2. The Labute approximate surface area is 113 Å². The summed E-state index contributed by atoms with van der Waals surface area (Å²) in [5.74, 6) is 0.193. The number of hydrogen-bond donors (Lipinski definition) is 2. The smallest absolute Gasteiger partial charge is 0.317 e. The van der Waals surface area contributed by atoms with E-state index in [2.05, 4.69) is 22.1 Å². The van der Waals surface area contributed by atoms with Crippen molar-refractivity contribution in [2.24, 2.45) is 0 Å². The molecule has 0 saturated carbocycles. The van der Waals surface area contributed by atoms with E-state index in [9.17, 15) is 4.79 Å². The summed E-state index contributed by atoms with van der Waals surface area (Å²) in [7, 11) is 0. The van der Waals surface area contributed by atoms with Gasteiger partial charge in [-0.1, -0.05) is 0 Å². The van der Waals surface area contributed by atoms with Crippen LogP contribution < -0.4 is 10.2 Å². The van der Waals surface area contributed by atoms with Crippen LogP contribution in [0.4, 0.5) is 11.5 Å². The van der Waals surface area contributed by atoms with Gasteiger partial charge < -0.3 is 15.3 Å². The van der Waals surface area contributed by atoms with Crippen molar-refractivity contribution < 1.29 is 9.90 Å². The van der Waals surface area contributed by atoms with Crippen molar-refractivity contribution in [1.29, 1.82) is 0 Å². The summed E-state index contributed by atoms with van der Waals surface area (Å²) in [6, 6.07) is 3.94. The number of carboxylic acid groups (broad SMARTS) is 1. The number of carbonyl (C=O) groups is 1. The van der Waals surface area contributed by atoms with Gasteiger partial charge in [-0.2, -0.15) is 0 Å². The quantitative estimate of drug-likeness (QED) is 0.817. The fraction of sp³-hybridized carbons (Fsp3) is 0.538. The van der Waals surface area contributed by atoms with Gasteiger partial charge in [-0.25, -0.2) is 4.98 Å². The monoisotopic (exact) mass is 264 g/mol. The number of nitrogens with zero attached hydrogens (tertiary/aromatic N) is 3. The summed E-state index contributed by atoms with van der Waals surface area (Å²) in [5.41, 5.74) is 1.04. The van der Waals surface area contributed by atoms with Gasteiger partial charge in [-0.05, 0) is 19.1 Å². The third kappa shape index (κ3) is 3.57. The van der Waals surface area contributed by atoms with E-state index in [1.807, 2.05) is 17.0 Å². The third-order valence-corrected chi connectivity index (χ3v) is 3.18. The van der Waals surface area contributed by atoms with Crippen LogP contribution in [0.1, 0.15) is 6.92 Å². The maximum Gasteiger partial charge on any atom is 0.317 e. The molecule has 0 spiro atoms. The first-order valence-electron chi connectivity index (χ1n) is 6.58. The lowest BCUT2D eigenvalue weighted by atomic mass is 10.2. The summed E-state index contributed by atoms with van der Waals surface area (Å²) >= 11 is 0. The maximum absolute atomic E-state index is 10.7. The standard InChI is InChI=1S/C13H20N4O2/c1-2-14-11-4-3-5-15-13(11)17-8-6-16(7-9-17)10-12(18)19/h3-5,14H,2,6-10H2,1H3,(H,18,19). The van der Waals surface area contributed by atoms with Crippen molar-refractivity contribution in [2.75, 3.05) is 49.5 Å². The van der Waals surface area contributed by atoms with E-state index in [4.69, 9.17) is 5.11 Å². The predicted molar refractivity (Wildman–Crippen MR) is 74.7 cm³/mol. The highest BCUT2D eigenvalue weighted by Gasteiger charge is 2.21. The second-order valence-electron chi connectivity index (χ2n) is 4.56. The van der Waals surface area contributed by atoms with Crippen molar-refractivity contribution in [1.82, 2.24) is 9.88 Å². The zero-order valence-corrected chi connectivity index (χ0v) is 11.2. The molecule has 2 N–H and O–H groups in total. The van der Waals surface area contributed by atoms with Gasteiger partial charge in [0, 0.05) is 38.9 Å². The molecule has 0 aromatic carbocycles. The number of piperazine rings is 1. The van der Waals surface area contributed by atoms with Crippen molar-refractivity contribution in [3.05, 3.63) is 18.3 Å². The highest BCUT2D eigenvalue weighted by Crippen LogP contribution is 2.23. The predicted octanol–water partition coefficient (Wildman–Crippen LogP) is 0.720. The number of nitrogens with one attached hydrogen (secondary N) is 1. The molecule has 6 heteroatoms. The first-order valence-corrected chi connectivity index (χ1v) is 6.58. The minimum absolute atomic E-state index is 0.121. The number of anilines is 2. The molecule has 0 bridgehead atoms. The molecule has 0 unspecified atom stereocenters. The molecule has 104 valence electrons. The lowest BCUT2D eigenvalue weighted by Gasteiger charge is -2.35. The Bertz CT molecular complexity index is 430. The van der Waals surface area contributed by atoms with E-state index >= 15 is 0 Å². The second-order valence-corrected chi connectivity index (χ2v) is 4.56. The first-order chi connectivity index (χ1) is 9.20. The number of pyridine rings is 1. The Kier molecular flexibility index (Phi) is 4.57. The SMILES string of the molecule is CCNc1cccnc1N1CCN(CC(=O)O)CC1. The summed E-state index contributed by atoms with van der Waals surface area (Å²) in [6.07, 6.45) is 1.79. The van der Waals surface area contributed by atoms with Crippen LogP contribution >= 0.6 is 0 Å². The summed E-state index contributed by atoms with van der Waals surface area (Å²) in [4.78, 5) is 19.3. The fourth-order valence-electron chi connectivity index (χ4n) is 2.29. The van der Waals surface area contributed by atoms with Gasteiger partial charge in [0.25, 0.3) is 0 Å². The normalized spacial score (nSPS) is 16.4. The average molecular weight is 264 g/mol. The summed E-state index contributed by atoms with van der Waals surface area (Å²) < 4.78 is 0. The molecule has 0 aliphatic carbocycles. The van der Waals surface area contributed by atoms with Crippen LogP contribution in [0.15, 0.2) is 18.3 Å².